The van der Waals surface area contributed by atoms with E-state index in [1.54, 1.807) is 0 Å². The molecule has 2 atom stereocenters. The van der Waals surface area contributed by atoms with E-state index in [9.17, 15) is 4.79 Å². The quantitative estimate of drug-likeness (QED) is 0.399. The topological polar surface area (TPSA) is 61.0 Å². The first-order valence-corrected chi connectivity index (χ1v) is 21.0. The molecule has 2 aromatic rings. The summed E-state index contributed by atoms with van der Waals surface area (Å²) in [6.45, 7) is 24.6. The number of anilines is 2. The lowest BCUT2D eigenvalue weighted by molar-refractivity contribution is 0.0139. The van der Waals surface area contributed by atoms with Crippen LogP contribution in [0.15, 0.2) is 36.4 Å². The Labute approximate surface area is 328 Å². The minimum atomic E-state index is -0.449. The Kier molecular flexibility index (Phi) is 13.0. The minimum absolute atomic E-state index is 0.205. The third-order valence-electron chi connectivity index (χ3n) is 12.0. The zero-order chi connectivity index (χ0) is 37.0. The van der Waals surface area contributed by atoms with Gasteiger partial charge in [0.2, 0.25) is 0 Å². The average molecular weight is 770 g/mol. The van der Waals surface area contributed by atoms with Crippen molar-refractivity contribution in [3.05, 3.63) is 57.6 Å². The van der Waals surface area contributed by atoms with Gasteiger partial charge in [-0.15, -0.1) is 0 Å². The number of nitrogens with zero attached hydrogens (tertiary/aromatic N) is 7. The summed E-state index contributed by atoms with van der Waals surface area (Å²) in [6, 6.07) is 14.2. The number of rotatable bonds is 6. The van der Waals surface area contributed by atoms with Gasteiger partial charge >= 0.3 is 6.09 Å². The third kappa shape index (κ3) is 10.3. The van der Waals surface area contributed by atoms with Crippen LogP contribution in [0, 0.1) is 0 Å². The Morgan fingerprint density at radius 1 is 0.679 bits per heavy atom. The van der Waals surface area contributed by atoms with Crippen LogP contribution in [0.1, 0.15) is 57.6 Å². The molecule has 6 aliphatic rings. The van der Waals surface area contributed by atoms with E-state index in [2.05, 4.69) is 65.0 Å². The molecular weight excluding hydrogens is 707 g/mol. The van der Waals surface area contributed by atoms with Crippen LogP contribution in [-0.2, 0) is 17.8 Å². The predicted molar refractivity (Wildman–Crippen MR) is 218 cm³/mol. The molecule has 0 aliphatic carbocycles. The Balaban J connectivity index is 0.000000170. The second-order valence-electron chi connectivity index (χ2n) is 16.9. The lowest BCUT2D eigenvalue weighted by Crippen LogP contribution is -2.51. The molecule has 6 heterocycles. The molecule has 292 valence electrons. The highest BCUT2D eigenvalue weighted by atomic mass is 35.5. The molecule has 6 aliphatic heterocycles. The minimum Gasteiger partial charge on any atom is -0.444 e. The highest BCUT2D eigenvalue weighted by molar-refractivity contribution is 6.31. The Hall–Kier alpha value is -2.31. The van der Waals surface area contributed by atoms with E-state index in [0.29, 0.717) is 19.1 Å². The predicted octanol–water partition coefficient (Wildman–Crippen LogP) is 5.71. The number of hydrogen-bond donors (Lipinski definition) is 1. The molecule has 2 aromatic carbocycles. The van der Waals surface area contributed by atoms with Gasteiger partial charge in [-0.2, -0.15) is 0 Å². The fourth-order valence-corrected chi connectivity index (χ4v) is 9.45. The van der Waals surface area contributed by atoms with Crippen LogP contribution >= 0.6 is 23.2 Å². The normalized spacial score (nSPS) is 24.8. The van der Waals surface area contributed by atoms with Gasteiger partial charge < -0.3 is 24.8 Å². The number of hydrogen-bond acceptors (Lipinski definition) is 9. The molecule has 1 N–H and O–H groups in total. The Bertz CT molecular complexity index is 1530. The maximum atomic E-state index is 12.3. The van der Waals surface area contributed by atoms with Crippen molar-refractivity contribution in [3.8, 4) is 0 Å². The van der Waals surface area contributed by atoms with Crippen molar-refractivity contribution < 1.29 is 9.53 Å². The van der Waals surface area contributed by atoms with Gasteiger partial charge in [0, 0.05) is 138 Å². The summed E-state index contributed by atoms with van der Waals surface area (Å²) in [7, 11) is 0. The SMILES string of the molecule is CC(C)(C)OC(=O)N1CCN(Cc2ccc(Cl)cc2N2CCN3CCC[C@@H]3C2)CC1.Clc1ccc(CN2CCNCC2)c(N2CCN3CCC[C@@H]3C2)c1. The summed E-state index contributed by atoms with van der Waals surface area (Å²) in [4.78, 5) is 29.5. The molecule has 0 spiro atoms. The van der Waals surface area contributed by atoms with E-state index in [-0.39, 0.29) is 6.09 Å². The lowest BCUT2D eigenvalue weighted by atomic mass is 10.1. The number of piperazine rings is 4. The maximum absolute atomic E-state index is 12.3. The van der Waals surface area contributed by atoms with Crippen LogP contribution in [0.3, 0.4) is 0 Å². The first-order chi connectivity index (χ1) is 25.6. The highest BCUT2D eigenvalue weighted by Crippen LogP contribution is 2.32. The van der Waals surface area contributed by atoms with Crippen molar-refractivity contribution >= 4 is 40.7 Å². The molecule has 6 saturated heterocycles. The number of carbonyl (C=O) groups excluding carboxylic acids is 1. The Morgan fingerprint density at radius 2 is 1.17 bits per heavy atom. The van der Waals surface area contributed by atoms with Crippen molar-refractivity contribution in [1.82, 2.24) is 29.8 Å². The van der Waals surface area contributed by atoms with Gasteiger partial charge in [-0.1, -0.05) is 35.3 Å². The number of nitrogens with one attached hydrogen (secondary N) is 1. The van der Waals surface area contributed by atoms with E-state index < -0.39 is 5.60 Å². The molecule has 1 amide bonds. The number of fused-ring (bicyclic) bond motifs is 2. The fraction of sp³-hybridized carbons (Fsp3) is 0.683. The molecule has 8 rings (SSSR count). The summed E-state index contributed by atoms with van der Waals surface area (Å²) < 4.78 is 5.52. The van der Waals surface area contributed by atoms with Crippen LogP contribution in [0.2, 0.25) is 10.0 Å². The summed E-state index contributed by atoms with van der Waals surface area (Å²) >= 11 is 12.7. The zero-order valence-electron chi connectivity index (χ0n) is 32.4. The third-order valence-corrected chi connectivity index (χ3v) is 12.4. The molecule has 12 heteroatoms. The molecule has 10 nitrogen and oxygen atoms in total. The summed E-state index contributed by atoms with van der Waals surface area (Å²) in [5.41, 5.74) is 4.96. The maximum Gasteiger partial charge on any atom is 0.410 e. The van der Waals surface area contributed by atoms with E-state index >= 15 is 0 Å². The van der Waals surface area contributed by atoms with E-state index in [1.165, 1.54) is 67.8 Å². The average Bonchev–Trinajstić information content (AvgIpc) is 3.83. The Morgan fingerprint density at radius 3 is 1.66 bits per heavy atom. The second kappa shape index (κ2) is 17.7. The van der Waals surface area contributed by atoms with Crippen LogP contribution in [0.4, 0.5) is 16.2 Å². The zero-order valence-corrected chi connectivity index (χ0v) is 33.9. The van der Waals surface area contributed by atoms with Crippen LogP contribution in [0.25, 0.3) is 0 Å². The molecule has 6 fully saturated rings. The fourth-order valence-electron chi connectivity index (χ4n) is 9.12. The first kappa shape index (κ1) is 38.9. The van der Waals surface area contributed by atoms with Gasteiger partial charge in [-0.25, -0.2) is 4.79 Å². The van der Waals surface area contributed by atoms with Gasteiger partial charge in [-0.3, -0.25) is 19.6 Å². The van der Waals surface area contributed by atoms with Crippen molar-refractivity contribution in [2.24, 2.45) is 0 Å². The molecule has 0 bridgehead atoms. The smallest absolute Gasteiger partial charge is 0.410 e. The van der Waals surface area contributed by atoms with Crippen LogP contribution in [0.5, 0.6) is 0 Å². The van der Waals surface area contributed by atoms with Crippen LogP contribution in [-0.4, -0.2) is 153 Å². The number of amides is 1. The van der Waals surface area contributed by atoms with Gasteiger partial charge in [0.05, 0.1) is 0 Å². The van der Waals surface area contributed by atoms with Crippen molar-refractivity contribution in [1.29, 1.82) is 0 Å². The monoisotopic (exact) mass is 768 g/mol. The number of carbonyl (C=O) groups is 1. The summed E-state index contributed by atoms with van der Waals surface area (Å²) in [6.07, 6.45) is 5.14. The second-order valence-corrected chi connectivity index (χ2v) is 17.7. The standard InChI is InChI=1S/C23H35ClN4O2.C18H27ClN4/c1-23(2,3)30-22(29)27-11-9-25(10-12-27)16-18-6-7-19(24)15-21(18)28-14-13-26-8-4-5-20(26)17-28;19-16-4-3-15(13-21-8-5-20-6-9-21)18(12-16)23-11-10-22-7-1-2-17(22)14-23/h6-7,15,20H,4-5,8-14,16-17H2,1-3H3;3-4,12,17,20H,1-2,5-11,13-14H2/t20-;17-/m11/s1. The van der Waals surface area contributed by atoms with Crippen LogP contribution < -0.4 is 15.1 Å². The number of halogens is 2. The molecular formula is C41H62Cl2N8O2. The summed E-state index contributed by atoms with van der Waals surface area (Å²) in [5.74, 6) is 0. The molecule has 0 aromatic heterocycles. The molecule has 53 heavy (non-hydrogen) atoms. The first-order valence-electron chi connectivity index (χ1n) is 20.3. The van der Waals surface area contributed by atoms with E-state index in [1.807, 2.05) is 31.7 Å². The molecule has 0 saturated carbocycles. The number of ether oxygens (including phenoxy) is 1. The van der Waals surface area contributed by atoms with Crippen molar-refractivity contribution in [2.45, 2.75) is 77.2 Å². The van der Waals surface area contributed by atoms with Crippen molar-refractivity contribution in [2.75, 3.05) is 115 Å². The molecule has 0 unspecified atom stereocenters. The molecule has 0 radical (unpaired) electrons. The highest BCUT2D eigenvalue weighted by Gasteiger charge is 2.33. The van der Waals surface area contributed by atoms with Gasteiger partial charge in [0.25, 0.3) is 0 Å². The van der Waals surface area contributed by atoms with Gasteiger partial charge in [0.15, 0.2) is 0 Å². The number of benzene rings is 2. The van der Waals surface area contributed by atoms with Gasteiger partial charge in [-0.05, 0) is 94.9 Å². The summed E-state index contributed by atoms with van der Waals surface area (Å²) in [5, 5.41) is 5.10. The van der Waals surface area contributed by atoms with Crippen molar-refractivity contribution in [3.63, 3.8) is 0 Å². The van der Waals surface area contributed by atoms with Gasteiger partial charge in [0.1, 0.15) is 5.60 Å². The lowest BCUT2D eigenvalue weighted by Gasteiger charge is -2.40. The van der Waals surface area contributed by atoms with E-state index in [4.69, 9.17) is 27.9 Å². The van der Waals surface area contributed by atoms with E-state index in [0.717, 1.165) is 101 Å². The largest absolute Gasteiger partial charge is 0.444 e.